The molecule has 13 nitrogen and oxygen atoms in total. The summed E-state index contributed by atoms with van der Waals surface area (Å²) in [5, 5.41) is 0. The minimum Gasteiger partial charge on any atom is -0.465 e. The molecule has 62 heavy (non-hydrogen) atoms. The van der Waals surface area contributed by atoms with Crippen LogP contribution in [0.3, 0.4) is 0 Å². The number of carbonyl (C=O) groups excluding carboxylic acids is 3. The van der Waals surface area contributed by atoms with E-state index in [1.54, 1.807) is 33.5 Å². The van der Waals surface area contributed by atoms with Gasteiger partial charge in [0.15, 0.2) is 18.4 Å². The minimum atomic E-state index is -0.677. The lowest BCUT2D eigenvalue weighted by Crippen LogP contribution is -2.59. The first-order valence-electron chi connectivity index (χ1n) is 23.0. The molecule has 1 aromatic rings. The Balaban J connectivity index is 1.23. The first kappa shape index (κ1) is 47.0. The molecule has 0 spiro atoms. The van der Waals surface area contributed by atoms with E-state index in [4.69, 9.17) is 42.6 Å². The number of hydrogen-bond donors (Lipinski definition) is 0. The van der Waals surface area contributed by atoms with E-state index in [9.17, 15) is 9.59 Å². The highest BCUT2D eigenvalue weighted by atomic mass is 16.7. The van der Waals surface area contributed by atoms with Crippen LogP contribution in [0.4, 0.5) is 0 Å². The maximum absolute atomic E-state index is 15.2. The van der Waals surface area contributed by atoms with Crippen LogP contribution >= 0.6 is 0 Å². The van der Waals surface area contributed by atoms with E-state index >= 15 is 4.79 Å². The molecule has 0 amide bonds. The quantitative estimate of drug-likeness (QED) is 0.216. The second kappa shape index (κ2) is 20.4. The van der Waals surface area contributed by atoms with E-state index in [0.717, 1.165) is 43.2 Å². The summed E-state index contributed by atoms with van der Waals surface area (Å²) in [5.74, 6) is -1.59. The van der Waals surface area contributed by atoms with Crippen LogP contribution in [0.1, 0.15) is 101 Å². The molecule has 1 saturated carbocycles. The highest BCUT2D eigenvalue weighted by Gasteiger charge is 2.55. The zero-order valence-electron chi connectivity index (χ0n) is 38.5. The van der Waals surface area contributed by atoms with Crippen molar-refractivity contribution in [2.24, 2.45) is 35.5 Å². The summed E-state index contributed by atoms with van der Waals surface area (Å²) in [6.45, 7) is 8.10. The van der Waals surface area contributed by atoms with E-state index in [1.807, 2.05) is 26.0 Å². The van der Waals surface area contributed by atoms with Crippen LogP contribution < -0.4 is 0 Å². The Kier molecular flexibility index (Phi) is 15.5. The minimum absolute atomic E-state index is 0.00821. The topological polar surface area (TPSA) is 138 Å². The maximum atomic E-state index is 15.2. The number of nitrogens with zero attached hydrogens (tertiary/aromatic N) is 1. The van der Waals surface area contributed by atoms with E-state index in [1.165, 1.54) is 7.11 Å². The second-order valence-electron chi connectivity index (χ2n) is 18.8. The molecular weight excluding hydrogens is 795 g/mol. The van der Waals surface area contributed by atoms with Gasteiger partial charge in [0.2, 0.25) is 0 Å². The summed E-state index contributed by atoms with van der Waals surface area (Å²) >= 11 is 0. The average Bonchev–Trinajstić information content (AvgIpc) is 3.84. The fraction of sp³-hybridized carbons (Fsp3) is 0.735. The molecule has 6 aliphatic rings. The molecule has 344 valence electrons. The van der Waals surface area contributed by atoms with Crippen molar-refractivity contribution in [3.8, 4) is 0 Å². The van der Waals surface area contributed by atoms with Gasteiger partial charge in [0.25, 0.3) is 0 Å². The monoisotopic (exact) mass is 865 g/mol. The number of Topliss-reactive ketones (excluding diaryl/α,β-unsaturated/α-hetero) is 1. The number of likely N-dealkylation sites (N-methyl/N-ethyl adjacent to an activating group) is 1. The van der Waals surface area contributed by atoms with Crippen molar-refractivity contribution in [2.75, 3.05) is 42.5 Å². The first-order valence-corrected chi connectivity index (χ1v) is 23.0. The highest BCUT2D eigenvalue weighted by molar-refractivity contribution is 6.00. The number of carbonyl (C=O) groups is 3. The van der Waals surface area contributed by atoms with Gasteiger partial charge >= 0.3 is 11.9 Å². The number of benzene rings is 1. The summed E-state index contributed by atoms with van der Waals surface area (Å²) in [6, 6.07) is 7.77. The molecule has 7 rings (SSSR count). The van der Waals surface area contributed by atoms with E-state index in [2.05, 4.69) is 45.0 Å². The lowest BCUT2D eigenvalue weighted by Gasteiger charge is -2.44. The van der Waals surface area contributed by atoms with Crippen molar-refractivity contribution in [3.05, 3.63) is 53.1 Å². The molecule has 17 atom stereocenters. The lowest BCUT2D eigenvalue weighted by atomic mass is 9.65. The third-order valence-electron chi connectivity index (χ3n) is 15.0. The standard InChI is InChI=1S/C49H71NO12/c1-11-32-13-12-14-40(62-42-20-19-39(50(5)6)27(3)58-42)26(2)44(52)38-24-36-34-23-33(61-49-47(56-9)46(55-8)45(54-7)28(4)59-49)21-31(34)22-35(43(36)37(38)25-41(51)60-32)29-15-17-30(18-16-29)48(53)57-10/h15-18,22,24,26-28,31-34,36-37,39-40,42-43,45-47,49H,11-14,19-21,23,25H2,1-10H3/t26-,27?,28?,31?,32+,33-,34-,36+,37-,39+,40+,42+,43?,45+,46?,47+,49+/m1/s1. The van der Waals surface area contributed by atoms with Gasteiger partial charge in [-0.2, -0.15) is 0 Å². The number of methoxy groups -OCH3 is 4. The lowest BCUT2D eigenvalue weighted by molar-refractivity contribution is -0.314. The summed E-state index contributed by atoms with van der Waals surface area (Å²) in [6.07, 6.45) is 7.20. The molecular formula is C49H71NO12. The Morgan fingerprint density at radius 3 is 2.18 bits per heavy atom. The molecule has 0 aromatic heterocycles. The predicted molar refractivity (Wildman–Crippen MR) is 231 cm³/mol. The number of esters is 2. The molecule has 1 aromatic carbocycles. The van der Waals surface area contributed by atoms with Gasteiger partial charge < -0.3 is 47.5 Å². The fourth-order valence-electron chi connectivity index (χ4n) is 11.8. The van der Waals surface area contributed by atoms with E-state index in [-0.39, 0.29) is 84.6 Å². The van der Waals surface area contributed by atoms with Crippen LogP contribution in [0.2, 0.25) is 0 Å². The van der Waals surface area contributed by atoms with Gasteiger partial charge in [-0.25, -0.2) is 4.79 Å². The highest BCUT2D eigenvalue weighted by Crippen LogP contribution is 2.58. The predicted octanol–water partition coefficient (Wildman–Crippen LogP) is 6.80. The number of ketones is 1. The van der Waals surface area contributed by atoms with Crippen LogP contribution in [-0.4, -0.2) is 133 Å². The summed E-state index contributed by atoms with van der Waals surface area (Å²) in [5.41, 5.74) is 3.13. The van der Waals surface area contributed by atoms with Crippen LogP contribution in [-0.2, 0) is 52.2 Å². The third kappa shape index (κ3) is 9.66. The van der Waals surface area contributed by atoms with Gasteiger partial charge in [0.05, 0.1) is 43.5 Å². The zero-order valence-corrected chi connectivity index (χ0v) is 38.5. The average molecular weight is 866 g/mol. The summed E-state index contributed by atoms with van der Waals surface area (Å²) in [7, 11) is 10.5. The number of fused-ring (bicyclic) bond motifs is 5. The van der Waals surface area contributed by atoms with Crippen LogP contribution in [0, 0.1) is 35.5 Å². The van der Waals surface area contributed by atoms with E-state index in [0.29, 0.717) is 36.4 Å². The maximum Gasteiger partial charge on any atom is 0.337 e. The smallest absolute Gasteiger partial charge is 0.337 e. The molecule has 4 fully saturated rings. The van der Waals surface area contributed by atoms with Gasteiger partial charge in [0.1, 0.15) is 24.4 Å². The Morgan fingerprint density at radius 1 is 0.806 bits per heavy atom. The largest absolute Gasteiger partial charge is 0.465 e. The van der Waals surface area contributed by atoms with Gasteiger partial charge in [-0.05, 0) is 132 Å². The van der Waals surface area contributed by atoms with Crippen molar-refractivity contribution >= 4 is 23.3 Å². The van der Waals surface area contributed by atoms with Gasteiger partial charge in [0, 0.05) is 39.2 Å². The Morgan fingerprint density at radius 2 is 1.53 bits per heavy atom. The SMILES string of the molecule is CC[C@H]1CCC[C@H](O[C@H]2CC[C@H](N(C)C)C(C)O2)[C@@H](C)C(=O)C2=C[C@@H]3C(C(c4ccc(C(=O)OC)cc4)=CC4C[C@@H](O[C@@H]5OC(C)[C@H](OC)C(OC)[C@@H]5OC)C[C@H]43)[C@@H]2CC(=O)O1. The molecule has 13 heteroatoms. The van der Waals surface area contributed by atoms with Crippen molar-refractivity contribution < 1.29 is 57.0 Å². The molecule has 3 aliphatic carbocycles. The van der Waals surface area contributed by atoms with Crippen LogP contribution in [0.25, 0.3) is 5.57 Å². The normalized spacial score (nSPS) is 40.3. The number of rotatable bonds is 11. The Hall–Kier alpha value is -3.01. The third-order valence-corrected chi connectivity index (χ3v) is 15.0. The van der Waals surface area contributed by atoms with Gasteiger partial charge in [-0.3, -0.25) is 9.59 Å². The zero-order chi connectivity index (χ0) is 44.4. The molecule has 0 bridgehead atoms. The number of allylic oxidation sites excluding steroid dienone is 4. The second-order valence-corrected chi connectivity index (χ2v) is 18.8. The summed E-state index contributed by atoms with van der Waals surface area (Å²) in [4.78, 5) is 44.0. The molecule has 3 saturated heterocycles. The number of cyclic esters (lactones) is 1. The molecule has 5 unspecified atom stereocenters. The van der Waals surface area contributed by atoms with Crippen molar-refractivity contribution in [1.82, 2.24) is 4.90 Å². The number of ether oxygens (including phenoxy) is 9. The van der Waals surface area contributed by atoms with Crippen molar-refractivity contribution in [1.29, 1.82) is 0 Å². The van der Waals surface area contributed by atoms with Gasteiger partial charge in [-0.15, -0.1) is 0 Å². The Bertz CT molecular complexity index is 1780. The molecule has 0 radical (unpaired) electrons. The molecule has 0 N–H and O–H groups in total. The van der Waals surface area contributed by atoms with E-state index < -0.39 is 36.5 Å². The molecule has 3 heterocycles. The first-order chi connectivity index (χ1) is 29.8. The summed E-state index contributed by atoms with van der Waals surface area (Å²) < 4.78 is 55.3. The molecule has 3 aliphatic heterocycles. The van der Waals surface area contributed by atoms with Crippen LogP contribution in [0.15, 0.2) is 42.0 Å². The van der Waals surface area contributed by atoms with Gasteiger partial charge in [-0.1, -0.05) is 38.1 Å². The van der Waals surface area contributed by atoms with Crippen LogP contribution in [0.5, 0.6) is 0 Å². The van der Waals surface area contributed by atoms with Crippen molar-refractivity contribution in [2.45, 2.75) is 153 Å². The van der Waals surface area contributed by atoms with Crippen molar-refractivity contribution in [3.63, 3.8) is 0 Å². The number of hydrogen-bond acceptors (Lipinski definition) is 13. The fourth-order valence-corrected chi connectivity index (χ4v) is 11.8. The Labute approximate surface area is 368 Å².